The third-order valence-corrected chi connectivity index (χ3v) is 6.21. The normalized spacial score (nSPS) is 22.5. The van der Waals surface area contributed by atoms with E-state index >= 15 is 0 Å². The van der Waals surface area contributed by atoms with E-state index in [4.69, 9.17) is 11.6 Å². The van der Waals surface area contributed by atoms with E-state index in [1.54, 1.807) is 36.0 Å². The summed E-state index contributed by atoms with van der Waals surface area (Å²) in [6, 6.07) is 6.97. The van der Waals surface area contributed by atoms with Gasteiger partial charge in [-0.05, 0) is 56.4 Å². The van der Waals surface area contributed by atoms with Crippen LogP contribution in [0.4, 0.5) is 0 Å². The second-order valence-electron chi connectivity index (χ2n) is 6.91. The fourth-order valence-corrected chi connectivity index (χ4v) is 4.59. The zero-order valence-corrected chi connectivity index (χ0v) is 17.8. The molecule has 2 aliphatic heterocycles. The fourth-order valence-electron chi connectivity index (χ4n) is 3.90. The molecule has 27 heavy (non-hydrogen) atoms. The number of halogens is 2. The zero-order valence-electron chi connectivity index (χ0n) is 15.4. The molecule has 3 unspecified atom stereocenters. The van der Waals surface area contributed by atoms with Crippen molar-refractivity contribution in [3.05, 3.63) is 34.9 Å². The minimum Gasteiger partial charge on any atom is -0.340 e. The van der Waals surface area contributed by atoms with Crippen LogP contribution in [0.5, 0.6) is 0 Å². The van der Waals surface area contributed by atoms with Crippen LogP contribution in [0.1, 0.15) is 36.0 Å². The molecule has 2 aliphatic rings. The van der Waals surface area contributed by atoms with Crippen LogP contribution in [0.15, 0.2) is 24.3 Å². The highest BCUT2D eigenvalue weighted by Gasteiger charge is 2.40. The van der Waals surface area contributed by atoms with Crippen molar-refractivity contribution in [3.63, 3.8) is 0 Å². The SMILES string of the molecule is CSCCC(NC(=O)c1ccccc1Cl)C(=O)N1C2CCNCC1CC2.Cl. The van der Waals surface area contributed by atoms with E-state index in [0.29, 0.717) is 17.0 Å². The van der Waals surface area contributed by atoms with E-state index in [1.807, 2.05) is 11.2 Å². The Morgan fingerprint density at radius 1 is 1.30 bits per heavy atom. The van der Waals surface area contributed by atoms with Gasteiger partial charge in [0.1, 0.15) is 6.04 Å². The van der Waals surface area contributed by atoms with E-state index in [1.165, 1.54) is 0 Å². The van der Waals surface area contributed by atoms with Gasteiger partial charge in [0.15, 0.2) is 0 Å². The number of amides is 2. The number of hydrogen-bond acceptors (Lipinski definition) is 4. The van der Waals surface area contributed by atoms with E-state index in [9.17, 15) is 9.59 Å². The van der Waals surface area contributed by atoms with Crippen LogP contribution >= 0.6 is 35.8 Å². The molecule has 2 heterocycles. The predicted octanol–water partition coefficient (Wildman–Crippen LogP) is 2.97. The van der Waals surface area contributed by atoms with E-state index in [2.05, 4.69) is 10.6 Å². The van der Waals surface area contributed by atoms with Crippen LogP contribution in [-0.2, 0) is 4.79 Å². The van der Waals surface area contributed by atoms with Crippen molar-refractivity contribution in [1.29, 1.82) is 0 Å². The summed E-state index contributed by atoms with van der Waals surface area (Å²) in [6.07, 6.45) is 5.72. The molecule has 1 aromatic rings. The van der Waals surface area contributed by atoms with Gasteiger partial charge in [-0.1, -0.05) is 23.7 Å². The van der Waals surface area contributed by atoms with Gasteiger partial charge in [-0.2, -0.15) is 11.8 Å². The molecule has 1 aromatic carbocycles. The molecule has 150 valence electrons. The summed E-state index contributed by atoms with van der Waals surface area (Å²) in [5.74, 6) is 0.590. The molecule has 3 rings (SSSR count). The van der Waals surface area contributed by atoms with Gasteiger partial charge < -0.3 is 15.5 Å². The summed E-state index contributed by atoms with van der Waals surface area (Å²) < 4.78 is 0. The molecule has 0 aliphatic carbocycles. The van der Waals surface area contributed by atoms with Crippen molar-refractivity contribution in [2.75, 3.05) is 25.1 Å². The van der Waals surface area contributed by atoms with E-state index < -0.39 is 6.04 Å². The summed E-state index contributed by atoms with van der Waals surface area (Å²) >= 11 is 7.83. The first-order chi connectivity index (χ1) is 12.6. The molecule has 3 atom stereocenters. The Balaban J connectivity index is 0.00000261. The van der Waals surface area contributed by atoms with Crippen molar-refractivity contribution in [1.82, 2.24) is 15.5 Å². The maximum atomic E-state index is 13.3. The molecule has 5 nitrogen and oxygen atoms in total. The largest absolute Gasteiger partial charge is 0.340 e. The maximum absolute atomic E-state index is 13.3. The minimum absolute atomic E-state index is 0. The number of nitrogens with one attached hydrogen (secondary N) is 2. The Kier molecular flexibility index (Phi) is 8.73. The Morgan fingerprint density at radius 3 is 2.78 bits per heavy atom. The molecule has 0 spiro atoms. The first kappa shape index (κ1) is 22.3. The standard InChI is InChI=1S/C19H26ClN3O2S.ClH/c1-26-11-9-17(22-18(24)15-4-2-3-5-16(15)20)19(25)23-13-6-7-14(23)12-21-10-8-13;/h2-5,13-14,17,21H,6-12H2,1H3,(H,22,24);1H. The number of carbonyl (C=O) groups is 2. The van der Waals surface area contributed by atoms with Crippen molar-refractivity contribution < 1.29 is 9.59 Å². The monoisotopic (exact) mass is 431 g/mol. The molecule has 0 aromatic heterocycles. The Hall–Kier alpha value is -0.950. The number of carbonyl (C=O) groups excluding carboxylic acids is 2. The first-order valence-electron chi connectivity index (χ1n) is 9.19. The molecular formula is C19H27Cl2N3O2S. The van der Waals surface area contributed by atoms with Crippen LogP contribution in [0.2, 0.25) is 5.02 Å². The molecule has 2 saturated heterocycles. The summed E-state index contributed by atoms with van der Waals surface area (Å²) in [4.78, 5) is 28.0. The first-order valence-corrected chi connectivity index (χ1v) is 11.0. The lowest BCUT2D eigenvalue weighted by molar-refractivity contribution is -0.135. The highest BCUT2D eigenvalue weighted by atomic mass is 35.5. The number of hydrogen-bond donors (Lipinski definition) is 2. The smallest absolute Gasteiger partial charge is 0.253 e. The van der Waals surface area contributed by atoms with Crippen LogP contribution < -0.4 is 10.6 Å². The summed E-state index contributed by atoms with van der Waals surface area (Å²) in [5.41, 5.74) is 0.414. The molecule has 8 heteroatoms. The molecule has 0 saturated carbocycles. The molecular weight excluding hydrogens is 405 g/mol. The maximum Gasteiger partial charge on any atom is 0.253 e. The van der Waals surface area contributed by atoms with Crippen LogP contribution in [0.3, 0.4) is 0 Å². The van der Waals surface area contributed by atoms with Crippen molar-refractivity contribution in [3.8, 4) is 0 Å². The molecule has 2 N–H and O–H groups in total. The van der Waals surface area contributed by atoms with Crippen LogP contribution in [0, 0.1) is 0 Å². The third kappa shape index (κ3) is 5.31. The number of nitrogens with zero attached hydrogens (tertiary/aromatic N) is 1. The third-order valence-electron chi connectivity index (χ3n) is 5.24. The van der Waals surface area contributed by atoms with E-state index in [0.717, 1.165) is 38.1 Å². The van der Waals surface area contributed by atoms with Gasteiger partial charge in [0, 0.05) is 18.6 Å². The quantitative estimate of drug-likeness (QED) is 0.726. The number of fused-ring (bicyclic) bond motifs is 2. The summed E-state index contributed by atoms with van der Waals surface area (Å²) in [6.45, 7) is 1.79. The minimum atomic E-state index is -0.507. The van der Waals surface area contributed by atoms with Crippen molar-refractivity contribution in [2.24, 2.45) is 0 Å². The van der Waals surface area contributed by atoms with E-state index in [-0.39, 0.29) is 36.3 Å². The Labute approximate surface area is 176 Å². The predicted molar refractivity (Wildman–Crippen MR) is 114 cm³/mol. The van der Waals surface area contributed by atoms with Crippen LogP contribution in [0.25, 0.3) is 0 Å². The van der Waals surface area contributed by atoms with Crippen molar-refractivity contribution in [2.45, 2.75) is 43.8 Å². The Bertz CT molecular complexity index is 648. The lowest BCUT2D eigenvalue weighted by Crippen LogP contribution is -2.53. The van der Waals surface area contributed by atoms with Gasteiger partial charge in [0.2, 0.25) is 5.91 Å². The molecule has 2 fully saturated rings. The fraction of sp³-hybridized carbons (Fsp3) is 0.579. The zero-order chi connectivity index (χ0) is 18.5. The number of thioether (sulfide) groups is 1. The van der Waals surface area contributed by atoms with Gasteiger partial charge >= 0.3 is 0 Å². The van der Waals surface area contributed by atoms with Gasteiger partial charge in [-0.3, -0.25) is 9.59 Å². The van der Waals surface area contributed by atoms with Gasteiger partial charge in [0.05, 0.1) is 10.6 Å². The summed E-state index contributed by atoms with van der Waals surface area (Å²) in [5, 5.41) is 6.77. The van der Waals surface area contributed by atoms with Crippen molar-refractivity contribution >= 4 is 47.6 Å². The molecule has 0 radical (unpaired) electrons. The van der Waals surface area contributed by atoms with Gasteiger partial charge in [-0.25, -0.2) is 0 Å². The number of benzene rings is 1. The highest BCUT2D eigenvalue weighted by Crippen LogP contribution is 2.29. The average molecular weight is 432 g/mol. The van der Waals surface area contributed by atoms with Gasteiger partial charge in [-0.15, -0.1) is 12.4 Å². The lowest BCUT2D eigenvalue weighted by atomic mass is 10.1. The summed E-state index contributed by atoms with van der Waals surface area (Å²) in [7, 11) is 0. The highest BCUT2D eigenvalue weighted by molar-refractivity contribution is 7.98. The topological polar surface area (TPSA) is 61.4 Å². The second-order valence-corrected chi connectivity index (χ2v) is 8.30. The average Bonchev–Trinajstić information content (AvgIpc) is 2.90. The molecule has 2 amide bonds. The van der Waals surface area contributed by atoms with Gasteiger partial charge in [0.25, 0.3) is 5.91 Å². The molecule has 2 bridgehead atoms. The lowest BCUT2D eigenvalue weighted by Gasteiger charge is -2.32. The second kappa shape index (κ2) is 10.6. The number of rotatable bonds is 6. The Morgan fingerprint density at radius 2 is 2.04 bits per heavy atom. The van der Waals surface area contributed by atoms with Crippen LogP contribution in [-0.4, -0.2) is 59.9 Å².